The SMILES string of the molecule is Cc1[nH]nc(N)c1C(=O)N1CCC(O)CC1. The maximum absolute atomic E-state index is 12.1. The molecule has 0 saturated carbocycles. The maximum atomic E-state index is 12.1. The van der Waals surface area contributed by atoms with Gasteiger partial charge in [-0.1, -0.05) is 0 Å². The minimum Gasteiger partial charge on any atom is -0.393 e. The molecule has 0 atom stereocenters. The highest BCUT2D eigenvalue weighted by molar-refractivity contribution is 5.99. The van der Waals surface area contributed by atoms with E-state index in [-0.39, 0.29) is 17.8 Å². The Morgan fingerprint density at radius 2 is 2.19 bits per heavy atom. The largest absolute Gasteiger partial charge is 0.393 e. The van der Waals surface area contributed by atoms with Crippen LogP contribution >= 0.6 is 0 Å². The van der Waals surface area contributed by atoms with Crippen LogP contribution in [0.2, 0.25) is 0 Å². The first kappa shape index (κ1) is 10.9. The first-order chi connectivity index (χ1) is 7.59. The summed E-state index contributed by atoms with van der Waals surface area (Å²) in [6.07, 6.45) is 0.970. The zero-order valence-electron chi connectivity index (χ0n) is 9.23. The molecule has 16 heavy (non-hydrogen) atoms. The van der Waals surface area contributed by atoms with Crippen molar-refractivity contribution in [1.82, 2.24) is 15.1 Å². The molecule has 2 rings (SSSR count). The smallest absolute Gasteiger partial charge is 0.259 e. The summed E-state index contributed by atoms with van der Waals surface area (Å²) < 4.78 is 0. The molecule has 6 heteroatoms. The quantitative estimate of drug-likeness (QED) is 0.620. The molecule has 2 heterocycles. The molecule has 1 amide bonds. The molecule has 0 aromatic carbocycles. The number of amides is 1. The number of aliphatic hydroxyl groups is 1. The Labute approximate surface area is 93.4 Å². The predicted octanol–water partition coefficient (Wildman–Crippen LogP) is -0.103. The average Bonchev–Trinajstić information content (AvgIpc) is 2.59. The van der Waals surface area contributed by atoms with E-state index in [1.807, 2.05) is 0 Å². The molecule has 6 nitrogen and oxygen atoms in total. The second kappa shape index (κ2) is 4.13. The van der Waals surface area contributed by atoms with Crippen molar-refractivity contribution in [3.63, 3.8) is 0 Å². The number of hydrogen-bond donors (Lipinski definition) is 3. The topological polar surface area (TPSA) is 95.2 Å². The number of nitrogens with zero attached hydrogens (tertiary/aromatic N) is 2. The molecule has 1 aromatic heterocycles. The second-order valence-corrected chi connectivity index (χ2v) is 4.13. The number of nitrogens with two attached hydrogens (primary N) is 1. The van der Waals surface area contributed by atoms with Crippen LogP contribution < -0.4 is 5.73 Å². The van der Waals surface area contributed by atoms with Crippen LogP contribution in [0, 0.1) is 6.92 Å². The standard InChI is InChI=1S/C10H16N4O2/c1-6-8(9(11)13-12-6)10(16)14-4-2-7(15)3-5-14/h7,15H,2-5H2,1H3,(H3,11,12,13). The van der Waals surface area contributed by atoms with E-state index in [2.05, 4.69) is 10.2 Å². The van der Waals surface area contributed by atoms with E-state index < -0.39 is 0 Å². The van der Waals surface area contributed by atoms with E-state index in [0.29, 0.717) is 37.2 Å². The summed E-state index contributed by atoms with van der Waals surface area (Å²) in [6.45, 7) is 2.92. The zero-order valence-corrected chi connectivity index (χ0v) is 9.23. The second-order valence-electron chi connectivity index (χ2n) is 4.13. The van der Waals surface area contributed by atoms with Gasteiger partial charge in [0, 0.05) is 18.8 Å². The van der Waals surface area contributed by atoms with Gasteiger partial charge in [0.25, 0.3) is 5.91 Å². The first-order valence-electron chi connectivity index (χ1n) is 5.37. The van der Waals surface area contributed by atoms with Crippen molar-refractivity contribution in [3.05, 3.63) is 11.3 Å². The summed E-state index contributed by atoms with van der Waals surface area (Å²) in [4.78, 5) is 13.8. The Bertz CT molecular complexity index is 374. The number of anilines is 1. The van der Waals surface area contributed by atoms with Gasteiger partial charge in [-0.15, -0.1) is 0 Å². The molecule has 1 fully saturated rings. The zero-order chi connectivity index (χ0) is 11.7. The molecule has 1 aliphatic heterocycles. The molecule has 0 bridgehead atoms. The van der Waals surface area contributed by atoms with Crippen LogP contribution in [0.3, 0.4) is 0 Å². The van der Waals surface area contributed by atoms with Gasteiger partial charge >= 0.3 is 0 Å². The fourth-order valence-corrected chi connectivity index (χ4v) is 1.95. The summed E-state index contributed by atoms with van der Waals surface area (Å²) in [7, 11) is 0. The lowest BCUT2D eigenvalue weighted by molar-refractivity contribution is 0.0547. The normalized spacial score (nSPS) is 17.8. The lowest BCUT2D eigenvalue weighted by Gasteiger charge is -2.29. The number of carbonyl (C=O) groups is 1. The van der Waals surface area contributed by atoms with Crippen molar-refractivity contribution < 1.29 is 9.90 Å². The Morgan fingerprint density at radius 3 is 2.69 bits per heavy atom. The molecule has 0 aliphatic carbocycles. The van der Waals surface area contributed by atoms with Crippen LogP contribution in [-0.2, 0) is 0 Å². The number of hydrogen-bond acceptors (Lipinski definition) is 4. The molecule has 0 radical (unpaired) electrons. The third-order valence-corrected chi connectivity index (χ3v) is 2.94. The van der Waals surface area contributed by atoms with Gasteiger partial charge < -0.3 is 15.7 Å². The summed E-state index contributed by atoms with van der Waals surface area (Å²) in [5.74, 6) is 0.143. The summed E-state index contributed by atoms with van der Waals surface area (Å²) in [5.41, 5.74) is 6.78. The number of aryl methyl sites for hydroxylation is 1. The van der Waals surface area contributed by atoms with E-state index in [1.54, 1.807) is 11.8 Å². The lowest BCUT2D eigenvalue weighted by atomic mass is 10.1. The van der Waals surface area contributed by atoms with Crippen molar-refractivity contribution >= 4 is 11.7 Å². The Kier molecular flexibility index (Phi) is 2.82. The van der Waals surface area contributed by atoms with Crippen LogP contribution in [-0.4, -0.2) is 45.3 Å². The lowest BCUT2D eigenvalue weighted by Crippen LogP contribution is -2.40. The number of H-pyrrole nitrogens is 1. The fourth-order valence-electron chi connectivity index (χ4n) is 1.95. The molecular formula is C10H16N4O2. The number of aromatic nitrogens is 2. The summed E-state index contributed by atoms with van der Waals surface area (Å²) >= 11 is 0. The Morgan fingerprint density at radius 1 is 1.56 bits per heavy atom. The Hall–Kier alpha value is -1.56. The van der Waals surface area contributed by atoms with Gasteiger partial charge in [-0.25, -0.2) is 0 Å². The molecule has 0 spiro atoms. The van der Waals surface area contributed by atoms with Crippen LogP contribution in [0.4, 0.5) is 5.82 Å². The van der Waals surface area contributed by atoms with Crippen molar-refractivity contribution in [1.29, 1.82) is 0 Å². The van der Waals surface area contributed by atoms with Gasteiger partial charge in [0.15, 0.2) is 5.82 Å². The Balaban J connectivity index is 2.14. The number of rotatable bonds is 1. The summed E-state index contributed by atoms with van der Waals surface area (Å²) in [6, 6.07) is 0. The number of piperidine rings is 1. The maximum Gasteiger partial charge on any atom is 0.259 e. The predicted molar refractivity (Wildman–Crippen MR) is 58.9 cm³/mol. The van der Waals surface area contributed by atoms with Crippen molar-refractivity contribution in [2.45, 2.75) is 25.9 Å². The van der Waals surface area contributed by atoms with Crippen molar-refractivity contribution in [2.24, 2.45) is 0 Å². The van der Waals surface area contributed by atoms with Gasteiger partial charge in [0.05, 0.1) is 6.10 Å². The van der Waals surface area contributed by atoms with Gasteiger partial charge in [-0.2, -0.15) is 5.10 Å². The first-order valence-corrected chi connectivity index (χ1v) is 5.37. The molecular weight excluding hydrogens is 208 g/mol. The van der Waals surface area contributed by atoms with Crippen LogP contribution in [0.25, 0.3) is 0 Å². The van der Waals surface area contributed by atoms with E-state index >= 15 is 0 Å². The van der Waals surface area contributed by atoms with Gasteiger partial charge in [-0.05, 0) is 19.8 Å². The number of nitrogen functional groups attached to an aromatic ring is 1. The van der Waals surface area contributed by atoms with E-state index in [9.17, 15) is 9.90 Å². The van der Waals surface area contributed by atoms with E-state index in [4.69, 9.17) is 5.73 Å². The van der Waals surface area contributed by atoms with Crippen LogP contribution in [0.5, 0.6) is 0 Å². The highest BCUT2D eigenvalue weighted by Gasteiger charge is 2.25. The van der Waals surface area contributed by atoms with Gasteiger partial charge in [-0.3, -0.25) is 9.89 Å². The minimum absolute atomic E-state index is 0.101. The number of aromatic amines is 1. The van der Waals surface area contributed by atoms with E-state index in [1.165, 1.54) is 0 Å². The van der Waals surface area contributed by atoms with Gasteiger partial charge in [0.2, 0.25) is 0 Å². The third kappa shape index (κ3) is 1.88. The van der Waals surface area contributed by atoms with Crippen molar-refractivity contribution in [2.75, 3.05) is 18.8 Å². The number of carbonyl (C=O) groups excluding carboxylic acids is 1. The van der Waals surface area contributed by atoms with Gasteiger partial charge in [0.1, 0.15) is 5.56 Å². The summed E-state index contributed by atoms with van der Waals surface area (Å²) in [5, 5.41) is 15.9. The molecule has 1 aromatic rings. The highest BCUT2D eigenvalue weighted by Crippen LogP contribution is 2.18. The third-order valence-electron chi connectivity index (χ3n) is 2.94. The molecule has 1 saturated heterocycles. The number of nitrogens with one attached hydrogen (secondary N) is 1. The molecule has 1 aliphatic rings. The molecule has 0 unspecified atom stereocenters. The number of likely N-dealkylation sites (tertiary alicyclic amines) is 1. The number of aliphatic hydroxyl groups excluding tert-OH is 1. The van der Waals surface area contributed by atoms with Crippen LogP contribution in [0.1, 0.15) is 28.9 Å². The van der Waals surface area contributed by atoms with Crippen molar-refractivity contribution in [3.8, 4) is 0 Å². The monoisotopic (exact) mass is 224 g/mol. The fraction of sp³-hybridized carbons (Fsp3) is 0.600. The van der Waals surface area contributed by atoms with Crippen LogP contribution in [0.15, 0.2) is 0 Å². The minimum atomic E-state index is -0.285. The molecule has 4 N–H and O–H groups in total. The molecule has 88 valence electrons. The van der Waals surface area contributed by atoms with E-state index in [0.717, 1.165) is 0 Å². The average molecular weight is 224 g/mol. The highest BCUT2D eigenvalue weighted by atomic mass is 16.3.